The van der Waals surface area contributed by atoms with Crippen LogP contribution in [0, 0.1) is 0 Å². The Bertz CT molecular complexity index is 569. The topological polar surface area (TPSA) is 51.6 Å². The van der Waals surface area contributed by atoms with Crippen LogP contribution < -0.4 is 9.47 Å². The molecule has 1 N–H and O–H groups in total. The van der Waals surface area contributed by atoms with Crippen LogP contribution in [0.5, 0.6) is 11.6 Å². The molecule has 4 nitrogen and oxygen atoms in total. The molecule has 0 aliphatic rings. The lowest BCUT2D eigenvalue weighted by atomic mass is 10.0. The summed E-state index contributed by atoms with van der Waals surface area (Å²) in [6.07, 6.45) is -0.804. The minimum atomic E-state index is -0.847. The van der Waals surface area contributed by atoms with Gasteiger partial charge in [-0.15, -0.1) is 0 Å². The van der Waals surface area contributed by atoms with Crippen molar-refractivity contribution in [3.05, 3.63) is 53.7 Å². The fraction of sp³-hybridized carbons (Fsp3) is 0.312. The van der Waals surface area contributed by atoms with E-state index >= 15 is 0 Å². The Morgan fingerprint density at radius 1 is 1.05 bits per heavy atom. The molecule has 0 saturated heterocycles. The van der Waals surface area contributed by atoms with E-state index in [1.54, 1.807) is 25.3 Å². The van der Waals surface area contributed by atoms with Crippen LogP contribution >= 0.6 is 0 Å². The second kappa shape index (κ2) is 6.39. The van der Waals surface area contributed by atoms with Gasteiger partial charge in [0.25, 0.3) is 0 Å². The zero-order valence-corrected chi connectivity index (χ0v) is 11.9. The highest BCUT2D eigenvalue weighted by Gasteiger charge is 2.17. The Morgan fingerprint density at radius 3 is 2.50 bits per heavy atom. The standard InChI is InChI=1S/C16H19NO3/c1-11(2)20-14-9-5-4-7-12(14)16(18)13-8-6-10-15(17-13)19-3/h4-11,16,18H,1-3H3. The molecule has 0 radical (unpaired) electrons. The van der Waals surface area contributed by atoms with E-state index in [9.17, 15) is 5.11 Å². The van der Waals surface area contributed by atoms with E-state index < -0.39 is 6.10 Å². The molecule has 0 saturated carbocycles. The normalized spacial score (nSPS) is 12.2. The van der Waals surface area contributed by atoms with Gasteiger partial charge in [-0.25, -0.2) is 4.98 Å². The fourth-order valence-electron chi connectivity index (χ4n) is 1.92. The first kappa shape index (κ1) is 14.3. The lowest BCUT2D eigenvalue weighted by molar-refractivity contribution is 0.194. The van der Waals surface area contributed by atoms with Crippen molar-refractivity contribution in [2.45, 2.75) is 26.1 Å². The second-order valence-corrected chi connectivity index (χ2v) is 4.71. The number of rotatable bonds is 5. The average Bonchev–Trinajstić information content (AvgIpc) is 2.46. The zero-order valence-electron chi connectivity index (χ0n) is 11.9. The van der Waals surface area contributed by atoms with E-state index in [0.29, 0.717) is 22.9 Å². The number of aliphatic hydroxyl groups is 1. The molecule has 106 valence electrons. The Labute approximate surface area is 119 Å². The number of methoxy groups -OCH3 is 1. The number of nitrogens with zero attached hydrogens (tertiary/aromatic N) is 1. The van der Waals surface area contributed by atoms with Gasteiger partial charge in [0.2, 0.25) is 5.88 Å². The number of aromatic nitrogens is 1. The van der Waals surface area contributed by atoms with Gasteiger partial charge in [0, 0.05) is 11.6 Å². The van der Waals surface area contributed by atoms with E-state index in [1.165, 1.54) is 0 Å². The van der Waals surface area contributed by atoms with Crippen LogP contribution in [-0.2, 0) is 0 Å². The van der Waals surface area contributed by atoms with Crippen LogP contribution in [0.2, 0.25) is 0 Å². The molecular formula is C16H19NO3. The molecule has 2 rings (SSSR count). The predicted molar refractivity (Wildman–Crippen MR) is 77.1 cm³/mol. The van der Waals surface area contributed by atoms with Crippen LogP contribution in [-0.4, -0.2) is 23.3 Å². The second-order valence-electron chi connectivity index (χ2n) is 4.71. The summed E-state index contributed by atoms with van der Waals surface area (Å²) in [7, 11) is 1.55. The smallest absolute Gasteiger partial charge is 0.213 e. The lowest BCUT2D eigenvalue weighted by Crippen LogP contribution is -2.10. The summed E-state index contributed by atoms with van der Waals surface area (Å²) in [6, 6.07) is 12.7. The number of pyridine rings is 1. The van der Waals surface area contributed by atoms with Gasteiger partial charge in [-0.2, -0.15) is 0 Å². The maximum absolute atomic E-state index is 10.5. The predicted octanol–water partition coefficient (Wildman–Crippen LogP) is 2.96. The van der Waals surface area contributed by atoms with Gasteiger partial charge in [-0.05, 0) is 26.0 Å². The molecule has 1 heterocycles. The third-order valence-corrected chi connectivity index (χ3v) is 2.81. The lowest BCUT2D eigenvalue weighted by Gasteiger charge is -2.18. The summed E-state index contributed by atoms with van der Waals surface area (Å²) in [5.74, 6) is 1.14. The summed E-state index contributed by atoms with van der Waals surface area (Å²) in [6.45, 7) is 3.90. The van der Waals surface area contributed by atoms with Crippen molar-refractivity contribution in [3.63, 3.8) is 0 Å². The largest absolute Gasteiger partial charge is 0.491 e. The van der Waals surface area contributed by atoms with Gasteiger partial charge < -0.3 is 14.6 Å². The van der Waals surface area contributed by atoms with Crippen LogP contribution in [0.1, 0.15) is 31.2 Å². The van der Waals surface area contributed by atoms with Gasteiger partial charge in [-0.3, -0.25) is 0 Å². The first-order chi connectivity index (χ1) is 9.61. The first-order valence-corrected chi connectivity index (χ1v) is 6.56. The fourth-order valence-corrected chi connectivity index (χ4v) is 1.92. The van der Waals surface area contributed by atoms with Crippen molar-refractivity contribution in [2.24, 2.45) is 0 Å². The van der Waals surface area contributed by atoms with Crippen molar-refractivity contribution in [1.29, 1.82) is 0 Å². The Kier molecular flexibility index (Phi) is 4.58. The molecule has 20 heavy (non-hydrogen) atoms. The number of benzene rings is 1. The average molecular weight is 273 g/mol. The van der Waals surface area contributed by atoms with E-state index in [1.807, 2.05) is 38.1 Å². The molecule has 0 bridgehead atoms. The highest BCUT2D eigenvalue weighted by atomic mass is 16.5. The van der Waals surface area contributed by atoms with Crippen LogP contribution in [0.15, 0.2) is 42.5 Å². The van der Waals surface area contributed by atoms with Crippen molar-refractivity contribution in [1.82, 2.24) is 4.98 Å². The molecule has 0 spiro atoms. The molecule has 2 aromatic rings. The first-order valence-electron chi connectivity index (χ1n) is 6.56. The molecule has 1 atom stereocenters. The van der Waals surface area contributed by atoms with Gasteiger partial charge in [-0.1, -0.05) is 24.3 Å². The number of hydrogen-bond donors (Lipinski definition) is 1. The summed E-state index contributed by atoms with van der Waals surface area (Å²) in [4.78, 5) is 4.26. The van der Waals surface area contributed by atoms with E-state index in [0.717, 1.165) is 0 Å². The van der Waals surface area contributed by atoms with Gasteiger partial charge in [0.15, 0.2) is 0 Å². The van der Waals surface area contributed by atoms with E-state index in [2.05, 4.69) is 4.98 Å². The maximum atomic E-state index is 10.5. The molecule has 1 aromatic carbocycles. The Morgan fingerprint density at radius 2 is 1.80 bits per heavy atom. The van der Waals surface area contributed by atoms with Crippen molar-refractivity contribution in [2.75, 3.05) is 7.11 Å². The van der Waals surface area contributed by atoms with Crippen LogP contribution in [0.4, 0.5) is 0 Å². The van der Waals surface area contributed by atoms with Gasteiger partial charge in [0.1, 0.15) is 11.9 Å². The molecule has 0 fully saturated rings. The summed E-state index contributed by atoms with van der Waals surface area (Å²) in [5, 5.41) is 10.5. The monoisotopic (exact) mass is 273 g/mol. The minimum Gasteiger partial charge on any atom is -0.491 e. The third-order valence-electron chi connectivity index (χ3n) is 2.81. The molecule has 0 aliphatic carbocycles. The molecular weight excluding hydrogens is 254 g/mol. The van der Waals surface area contributed by atoms with Gasteiger partial charge >= 0.3 is 0 Å². The number of para-hydroxylation sites is 1. The SMILES string of the molecule is COc1cccc(C(O)c2ccccc2OC(C)C)n1. The minimum absolute atomic E-state index is 0.0432. The third kappa shape index (κ3) is 3.27. The number of aliphatic hydroxyl groups excluding tert-OH is 1. The molecule has 4 heteroatoms. The van der Waals surface area contributed by atoms with Crippen LogP contribution in [0.3, 0.4) is 0 Å². The molecule has 0 aliphatic heterocycles. The maximum Gasteiger partial charge on any atom is 0.213 e. The van der Waals surface area contributed by atoms with Gasteiger partial charge in [0.05, 0.1) is 18.9 Å². The zero-order chi connectivity index (χ0) is 14.5. The highest BCUT2D eigenvalue weighted by molar-refractivity contribution is 5.39. The van der Waals surface area contributed by atoms with E-state index in [4.69, 9.17) is 9.47 Å². The number of ether oxygens (including phenoxy) is 2. The Hall–Kier alpha value is -2.07. The molecule has 0 amide bonds. The quantitative estimate of drug-likeness (QED) is 0.910. The molecule has 1 unspecified atom stereocenters. The molecule has 1 aromatic heterocycles. The summed E-state index contributed by atoms with van der Waals surface area (Å²) < 4.78 is 10.8. The highest BCUT2D eigenvalue weighted by Crippen LogP contribution is 2.30. The summed E-state index contributed by atoms with van der Waals surface area (Å²) >= 11 is 0. The Balaban J connectivity index is 2.34. The van der Waals surface area contributed by atoms with Crippen molar-refractivity contribution >= 4 is 0 Å². The van der Waals surface area contributed by atoms with Crippen molar-refractivity contribution < 1.29 is 14.6 Å². The summed E-state index contributed by atoms with van der Waals surface area (Å²) in [5.41, 5.74) is 1.23. The number of hydrogen-bond acceptors (Lipinski definition) is 4. The van der Waals surface area contributed by atoms with Crippen molar-refractivity contribution in [3.8, 4) is 11.6 Å². The van der Waals surface area contributed by atoms with E-state index in [-0.39, 0.29) is 6.10 Å². The van der Waals surface area contributed by atoms with Crippen LogP contribution in [0.25, 0.3) is 0 Å².